The van der Waals surface area contributed by atoms with Gasteiger partial charge in [0.05, 0.1) is 6.20 Å². The van der Waals surface area contributed by atoms with Gasteiger partial charge in [-0.1, -0.05) is 35.8 Å². The maximum atomic E-state index is 5.82. The zero-order valence-corrected chi connectivity index (χ0v) is 13.8. The van der Waals surface area contributed by atoms with E-state index >= 15 is 0 Å². The molecule has 0 fully saturated rings. The molecule has 0 spiro atoms. The van der Waals surface area contributed by atoms with Crippen LogP contribution in [0.1, 0.15) is 25.3 Å². The van der Waals surface area contributed by atoms with Crippen molar-refractivity contribution in [1.82, 2.24) is 10.3 Å². The smallest absolute Gasteiger partial charge is 0.196 e. The topological polar surface area (TPSA) is 38.1 Å². The molecule has 108 valence electrons. The molecule has 0 aliphatic rings. The highest BCUT2D eigenvalue weighted by Gasteiger charge is 2.09. The molecule has 1 heterocycles. The summed E-state index contributed by atoms with van der Waals surface area (Å²) in [4.78, 5) is 4.35. The third-order valence-corrected chi connectivity index (χ3v) is 3.67. The lowest BCUT2D eigenvalue weighted by atomic mass is 10.1. The summed E-state index contributed by atoms with van der Waals surface area (Å²) in [5, 5.41) is 3.39. The Morgan fingerprint density at radius 3 is 2.85 bits per heavy atom. The minimum absolute atomic E-state index is 0.665. The number of aromatic nitrogens is 1. The quantitative estimate of drug-likeness (QED) is 0.803. The maximum absolute atomic E-state index is 5.82. The standard InChI is InChI=1S/C16H21BrN2O/c1-11(2)9-18-7-6-16-19-10-15(20-16)13-5-4-12(3)8-14(13)17/h4-5,8,10-11,18H,6-7,9H2,1-3H3. The van der Waals surface area contributed by atoms with Crippen molar-refractivity contribution in [2.45, 2.75) is 27.2 Å². The van der Waals surface area contributed by atoms with Crippen LogP contribution >= 0.6 is 15.9 Å². The van der Waals surface area contributed by atoms with Gasteiger partial charge in [-0.2, -0.15) is 0 Å². The summed E-state index contributed by atoms with van der Waals surface area (Å²) in [7, 11) is 0. The van der Waals surface area contributed by atoms with Crippen LogP contribution in [0.2, 0.25) is 0 Å². The number of rotatable bonds is 6. The first kappa shape index (κ1) is 15.3. The molecular weight excluding hydrogens is 316 g/mol. The lowest BCUT2D eigenvalue weighted by Gasteiger charge is -2.05. The predicted octanol–water partition coefficient (Wildman–Crippen LogP) is 4.20. The van der Waals surface area contributed by atoms with Crippen molar-refractivity contribution in [3.05, 3.63) is 40.3 Å². The molecule has 0 aliphatic heterocycles. The third-order valence-electron chi connectivity index (χ3n) is 3.01. The Labute approximate surface area is 128 Å². The van der Waals surface area contributed by atoms with Crippen molar-refractivity contribution in [2.75, 3.05) is 13.1 Å². The summed E-state index contributed by atoms with van der Waals surface area (Å²) < 4.78 is 6.86. The Morgan fingerprint density at radius 2 is 2.15 bits per heavy atom. The molecule has 3 nitrogen and oxygen atoms in total. The van der Waals surface area contributed by atoms with Gasteiger partial charge < -0.3 is 9.73 Å². The Hall–Kier alpha value is -1.13. The van der Waals surface area contributed by atoms with Gasteiger partial charge in [0.15, 0.2) is 11.7 Å². The maximum Gasteiger partial charge on any atom is 0.196 e. The summed E-state index contributed by atoms with van der Waals surface area (Å²) >= 11 is 3.57. The summed E-state index contributed by atoms with van der Waals surface area (Å²) in [5.41, 5.74) is 2.27. The monoisotopic (exact) mass is 336 g/mol. The van der Waals surface area contributed by atoms with E-state index in [0.29, 0.717) is 5.92 Å². The Bertz CT molecular complexity index is 563. The van der Waals surface area contributed by atoms with E-state index in [1.54, 1.807) is 6.20 Å². The van der Waals surface area contributed by atoms with Crippen LogP contribution in [0.3, 0.4) is 0 Å². The summed E-state index contributed by atoms with van der Waals surface area (Å²) in [6.45, 7) is 8.39. The second-order valence-corrected chi connectivity index (χ2v) is 6.30. The van der Waals surface area contributed by atoms with Gasteiger partial charge in [0.2, 0.25) is 0 Å². The molecule has 1 aromatic heterocycles. The highest BCUT2D eigenvalue weighted by molar-refractivity contribution is 9.10. The molecule has 0 saturated heterocycles. The van der Waals surface area contributed by atoms with Crippen molar-refractivity contribution in [2.24, 2.45) is 5.92 Å². The van der Waals surface area contributed by atoms with Crippen molar-refractivity contribution in [3.63, 3.8) is 0 Å². The summed E-state index contributed by atoms with van der Waals surface area (Å²) in [5.74, 6) is 2.26. The van der Waals surface area contributed by atoms with E-state index < -0.39 is 0 Å². The molecule has 0 radical (unpaired) electrons. The van der Waals surface area contributed by atoms with Gasteiger partial charge in [-0.05, 0) is 37.1 Å². The summed E-state index contributed by atoms with van der Waals surface area (Å²) in [6.07, 6.45) is 2.61. The molecule has 0 unspecified atom stereocenters. The normalized spacial score (nSPS) is 11.2. The van der Waals surface area contributed by atoms with Gasteiger partial charge in [-0.3, -0.25) is 0 Å². The second-order valence-electron chi connectivity index (χ2n) is 5.45. The fraction of sp³-hybridized carbons (Fsp3) is 0.438. The van der Waals surface area contributed by atoms with E-state index in [-0.39, 0.29) is 0 Å². The number of nitrogens with zero attached hydrogens (tertiary/aromatic N) is 1. The molecular formula is C16H21BrN2O. The number of hydrogen-bond acceptors (Lipinski definition) is 3. The minimum atomic E-state index is 0.665. The van der Waals surface area contributed by atoms with Crippen LogP contribution in [-0.2, 0) is 6.42 Å². The minimum Gasteiger partial charge on any atom is -0.441 e. The SMILES string of the molecule is Cc1ccc(-c2cnc(CCNCC(C)C)o2)c(Br)c1. The first-order chi connectivity index (χ1) is 9.56. The van der Waals surface area contributed by atoms with Gasteiger partial charge in [-0.25, -0.2) is 4.98 Å². The fourth-order valence-corrected chi connectivity index (χ4v) is 2.65. The third kappa shape index (κ3) is 4.18. The molecule has 0 bridgehead atoms. The number of halogens is 1. The Kier molecular flexibility index (Phi) is 5.38. The van der Waals surface area contributed by atoms with Gasteiger partial charge in [0.1, 0.15) is 0 Å². The van der Waals surface area contributed by atoms with Crippen LogP contribution in [0.4, 0.5) is 0 Å². The number of aryl methyl sites for hydroxylation is 1. The molecule has 0 saturated carbocycles. The van der Waals surface area contributed by atoms with Crippen molar-refractivity contribution >= 4 is 15.9 Å². The molecule has 20 heavy (non-hydrogen) atoms. The first-order valence-electron chi connectivity index (χ1n) is 6.98. The Morgan fingerprint density at radius 1 is 1.35 bits per heavy atom. The van der Waals surface area contributed by atoms with Gasteiger partial charge in [0.25, 0.3) is 0 Å². The van der Waals surface area contributed by atoms with Crippen LogP contribution in [-0.4, -0.2) is 18.1 Å². The van der Waals surface area contributed by atoms with E-state index in [9.17, 15) is 0 Å². The molecule has 1 aromatic carbocycles. The van der Waals surface area contributed by atoms with Crippen LogP contribution in [0.25, 0.3) is 11.3 Å². The van der Waals surface area contributed by atoms with Crippen molar-refractivity contribution in [1.29, 1.82) is 0 Å². The zero-order valence-electron chi connectivity index (χ0n) is 12.2. The molecule has 1 N–H and O–H groups in total. The van der Waals surface area contributed by atoms with Crippen molar-refractivity contribution in [3.8, 4) is 11.3 Å². The summed E-state index contributed by atoms with van der Waals surface area (Å²) in [6, 6.07) is 6.22. The zero-order chi connectivity index (χ0) is 14.5. The van der Waals surface area contributed by atoms with E-state index in [0.717, 1.165) is 41.2 Å². The largest absolute Gasteiger partial charge is 0.441 e. The molecule has 2 aromatic rings. The highest BCUT2D eigenvalue weighted by atomic mass is 79.9. The van der Waals surface area contributed by atoms with Gasteiger partial charge >= 0.3 is 0 Å². The number of benzene rings is 1. The fourth-order valence-electron chi connectivity index (χ4n) is 1.96. The first-order valence-corrected chi connectivity index (χ1v) is 7.77. The molecule has 2 rings (SSSR count). The van der Waals surface area contributed by atoms with Crippen LogP contribution < -0.4 is 5.32 Å². The highest BCUT2D eigenvalue weighted by Crippen LogP contribution is 2.29. The molecule has 0 atom stereocenters. The lowest BCUT2D eigenvalue weighted by molar-refractivity contribution is 0.483. The average Bonchev–Trinajstić information content (AvgIpc) is 2.83. The van der Waals surface area contributed by atoms with E-state index in [1.807, 2.05) is 0 Å². The molecule has 0 aliphatic carbocycles. The lowest BCUT2D eigenvalue weighted by Crippen LogP contribution is -2.22. The number of hydrogen-bond donors (Lipinski definition) is 1. The van der Waals surface area contributed by atoms with Crippen LogP contribution in [0.15, 0.2) is 33.3 Å². The number of nitrogens with one attached hydrogen (secondary N) is 1. The van der Waals surface area contributed by atoms with Crippen molar-refractivity contribution < 1.29 is 4.42 Å². The van der Waals surface area contributed by atoms with Gasteiger partial charge in [0, 0.05) is 23.0 Å². The molecule has 4 heteroatoms. The van der Waals surface area contributed by atoms with Gasteiger partial charge in [-0.15, -0.1) is 0 Å². The van der Waals surface area contributed by atoms with E-state index in [2.05, 4.69) is 65.2 Å². The number of oxazole rings is 1. The van der Waals surface area contributed by atoms with Crippen LogP contribution in [0.5, 0.6) is 0 Å². The van der Waals surface area contributed by atoms with E-state index in [4.69, 9.17) is 4.42 Å². The Balaban J connectivity index is 1.98. The van der Waals surface area contributed by atoms with E-state index in [1.165, 1.54) is 5.56 Å². The molecule has 0 amide bonds. The average molecular weight is 337 g/mol. The predicted molar refractivity (Wildman–Crippen MR) is 85.8 cm³/mol. The second kappa shape index (κ2) is 7.04. The van der Waals surface area contributed by atoms with Crippen LogP contribution in [0, 0.1) is 12.8 Å².